The van der Waals surface area contributed by atoms with E-state index in [0.717, 1.165) is 0 Å². The van der Waals surface area contributed by atoms with E-state index in [9.17, 15) is 0 Å². The molecule has 0 aromatic carbocycles. The maximum absolute atomic E-state index is 2.30. The van der Waals surface area contributed by atoms with Crippen molar-refractivity contribution in [2.24, 2.45) is 0 Å². The van der Waals surface area contributed by atoms with Gasteiger partial charge < -0.3 is 0 Å². The van der Waals surface area contributed by atoms with Crippen molar-refractivity contribution in [1.29, 1.82) is 0 Å². The summed E-state index contributed by atoms with van der Waals surface area (Å²) in [5.41, 5.74) is 0. The number of rotatable bonds is 30. The standard InChI is InChI=1S/C31H64S2/c1-3-5-7-9-11-13-15-17-19-21-23-25-28-32-30-27-31-33-29-26-24-22-20-18-16-14-12-10-8-6-4-2/h3-31H2,1-2H3. The van der Waals surface area contributed by atoms with Crippen molar-refractivity contribution in [2.45, 2.75) is 174 Å². The highest BCUT2D eigenvalue weighted by atomic mass is 32.2. The zero-order chi connectivity index (χ0) is 23.9. The molecular weight excluding hydrogens is 436 g/mol. The van der Waals surface area contributed by atoms with Gasteiger partial charge in [-0.1, -0.05) is 155 Å². The summed E-state index contributed by atoms with van der Waals surface area (Å²) in [7, 11) is 0. The SMILES string of the molecule is CCCCCCCCCCCCCCSCCCSCCCCCCCCCCCCCC. The Balaban J connectivity index is 2.99. The normalized spacial score (nSPS) is 11.5. The summed E-state index contributed by atoms with van der Waals surface area (Å²) in [6.45, 7) is 4.61. The summed E-state index contributed by atoms with van der Waals surface area (Å²) < 4.78 is 0. The molecule has 0 aliphatic rings. The van der Waals surface area contributed by atoms with Gasteiger partial charge in [-0.05, 0) is 42.3 Å². The maximum Gasteiger partial charge on any atom is -0.00597 e. The van der Waals surface area contributed by atoms with Crippen LogP contribution in [0.15, 0.2) is 0 Å². The van der Waals surface area contributed by atoms with Crippen LogP contribution in [-0.2, 0) is 0 Å². The Hall–Kier alpha value is 0.700. The summed E-state index contributed by atoms with van der Waals surface area (Å²) >= 11 is 4.42. The van der Waals surface area contributed by atoms with Crippen molar-refractivity contribution in [3.8, 4) is 0 Å². The van der Waals surface area contributed by atoms with Gasteiger partial charge in [0, 0.05) is 0 Å². The highest BCUT2D eigenvalue weighted by Crippen LogP contribution is 2.16. The molecule has 0 unspecified atom stereocenters. The Bertz CT molecular complexity index is 288. The van der Waals surface area contributed by atoms with Crippen molar-refractivity contribution < 1.29 is 0 Å². The average Bonchev–Trinajstić information content (AvgIpc) is 2.83. The van der Waals surface area contributed by atoms with Crippen molar-refractivity contribution in [1.82, 2.24) is 0 Å². The zero-order valence-electron chi connectivity index (χ0n) is 23.3. The molecule has 200 valence electrons. The van der Waals surface area contributed by atoms with Crippen molar-refractivity contribution in [2.75, 3.05) is 23.0 Å². The van der Waals surface area contributed by atoms with E-state index in [4.69, 9.17) is 0 Å². The molecule has 0 nitrogen and oxygen atoms in total. The number of unbranched alkanes of at least 4 members (excludes halogenated alkanes) is 22. The predicted octanol–water partition coefficient (Wildman–Crippen LogP) is 12.2. The first kappa shape index (κ1) is 33.7. The van der Waals surface area contributed by atoms with Crippen LogP contribution in [-0.4, -0.2) is 23.0 Å². The summed E-state index contributed by atoms with van der Waals surface area (Å²) in [6.07, 6.45) is 36.5. The maximum atomic E-state index is 2.30. The first-order chi connectivity index (χ1) is 16.4. The van der Waals surface area contributed by atoms with E-state index in [0.29, 0.717) is 0 Å². The van der Waals surface area contributed by atoms with Crippen LogP contribution in [0.5, 0.6) is 0 Å². The summed E-state index contributed by atoms with van der Waals surface area (Å²) in [6, 6.07) is 0. The van der Waals surface area contributed by atoms with Crippen LogP contribution in [0.25, 0.3) is 0 Å². The van der Waals surface area contributed by atoms with Crippen molar-refractivity contribution in [3.05, 3.63) is 0 Å². The fourth-order valence-corrected chi connectivity index (χ4v) is 6.66. The molecule has 0 bridgehead atoms. The minimum Gasteiger partial charge on any atom is -0.162 e. The van der Waals surface area contributed by atoms with Gasteiger partial charge in [-0.15, -0.1) is 0 Å². The van der Waals surface area contributed by atoms with E-state index in [1.54, 1.807) is 0 Å². The molecule has 0 atom stereocenters. The van der Waals surface area contributed by atoms with Crippen LogP contribution in [0.4, 0.5) is 0 Å². The molecule has 0 aliphatic heterocycles. The number of hydrogen-bond donors (Lipinski definition) is 0. The molecule has 0 spiro atoms. The molecule has 0 fully saturated rings. The lowest BCUT2D eigenvalue weighted by molar-refractivity contribution is 0.548. The largest absolute Gasteiger partial charge is 0.162 e. The molecule has 0 N–H and O–H groups in total. The second-order valence-corrected chi connectivity index (χ2v) is 12.8. The highest BCUT2D eigenvalue weighted by Gasteiger charge is 1.96. The molecule has 33 heavy (non-hydrogen) atoms. The topological polar surface area (TPSA) is 0 Å². The van der Waals surface area contributed by atoms with Crippen molar-refractivity contribution in [3.63, 3.8) is 0 Å². The van der Waals surface area contributed by atoms with Gasteiger partial charge in [0.15, 0.2) is 0 Å². The average molecular weight is 501 g/mol. The van der Waals surface area contributed by atoms with Crippen LogP contribution in [0.1, 0.15) is 174 Å². The van der Waals surface area contributed by atoms with Gasteiger partial charge >= 0.3 is 0 Å². The summed E-state index contributed by atoms with van der Waals surface area (Å²) in [4.78, 5) is 0. The molecule has 0 aromatic heterocycles. The molecule has 0 radical (unpaired) electrons. The zero-order valence-corrected chi connectivity index (χ0v) is 25.0. The lowest BCUT2D eigenvalue weighted by atomic mass is 10.1. The molecule has 0 aromatic rings. The van der Waals surface area contributed by atoms with Gasteiger partial charge in [0.1, 0.15) is 0 Å². The summed E-state index contributed by atoms with van der Waals surface area (Å²) in [5, 5.41) is 0. The van der Waals surface area contributed by atoms with Crippen LogP contribution < -0.4 is 0 Å². The van der Waals surface area contributed by atoms with Gasteiger partial charge in [-0.3, -0.25) is 0 Å². The highest BCUT2D eigenvalue weighted by molar-refractivity contribution is 8.00. The van der Waals surface area contributed by atoms with Crippen LogP contribution in [0.3, 0.4) is 0 Å². The lowest BCUT2D eigenvalue weighted by Gasteiger charge is -2.04. The van der Waals surface area contributed by atoms with E-state index in [2.05, 4.69) is 37.4 Å². The Morgan fingerprint density at radius 3 is 0.727 bits per heavy atom. The van der Waals surface area contributed by atoms with Gasteiger partial charge in [0.2, 0.25) is 0 Å². The van der Waals surface area contributed by atoms with E-state index in [-0.39, 0.29) is 0 Å². The number of thioether (sulfide) groups is 2. The Kier molecular flexibility index (Phi) is 33.4. The van der Waals surface area contributed by atoms with E-state index < -0.39 is 0 Å². The van der Waals surface area contributed by atoms with E-state index in [1.165, 1.54) is 184 Å². The molecular formula is C31H64S2. The second-order valence-electron chi connectivity index (χ2n) is 10.4. The Morgan fingerprint density at radius 1 is 0.242 bits per heavy atom. The van der Waals surface area contributed by atoms with E-state index >= 15 is 0 Å². The minimum absolute atomic E-state index is 1.37. The smallest absolute Gasteiger partial charge is 0.00597 e. The minimum atomic E-state index is 1.37. The first-order valence-electron chi connectivity index (χ1n) is 15.6. The molecule has 0 saturated carbocycles. The fraction of sp³-hybridized carbons (Fsp3) is 1.00. The third-order valence-electron chi connectivity index (χ3n) is 6.86. The number of hydrogen-bond acceptors (Lipinski definition) is 2. The first-order valence-corrected chi connectivity index (χ1v) is 17.9. The third kappa shape index (κ3) is 32.7. The lowest BCUT2D eigenvalue weighted by Crippen LogP contribution is -1.90. The third-order valence-corrected chi connectivity index (χ3v) is 9.17. The van der Waals surface area contributed by atoms with Gasteiger partial charge in [-0.25, -0.2) is 0 Å². The van der Waals surface area contributed by atoms with E-state index in [1.807, 2.05) is 0 Å². The molecule has 0 heterocycles. The molecule has 0 saturated heterocycles. The van der Waals surface area contributed by atoms with Crippen LogP contribution in [0.2, 0.25) is 0 Å². The predicted molar refractivity (Wildman–Crippen MR) is 161 cm³/mol. The van der Waals surface area contributed by atoms with Crippen molar-refractivity contribution >= 4 is 23.5 Å². The molecule has 0 amide bonds. The monoisotopic (exact) mass is 500 g/mol. The molecule has 2 heteroatoms. The molecule has 0 aliphatic carbocycles. The fourth-order valence-electron chi connectivity index (χ4n) is 4.56. The van der Waals surface area contributed by atoms with Gasteiger partial charge in [0.25, 0.3) is 0 Å². The van der Waals surface area contributed by atoms with Crippen LogP contribution >= 0.6 is 23.5 Å². The second kappa shape index (κ2) is 32.7. The van der Waals surface area contributed by atoms with Crippen LogP contribution in [0, 0.1) is 0 Å². The van der Waals surface area contributed by atoms with Gasteiger partial charge in [-0.2, -0.15) is 23.5 Å². The molecule has 0 rings (SSSR count). The Labute approximate surface area is 220 Å². The quantitative estimate of drug-likeness (QED) is 0.0899. The summed E-state index contributed by atoms with van der Waals surface area (Å²) in [5.74, 6) is 5.59. The Morgan fingerprint density at radius 2 is 0.455 bits per heavy atom. The van der Waals surface area contributed by atoms with Gasteiger partial charge in [0.05, 0.1) is 0 Å².